The van der Waals surface area contributed by atoms with Crippen molar-refractivity contribution in [2.24, 2.45) is 0 Å². The third-order valence-corrected chi connectivity index (χ3v) is 10.7. The van der Waals surface area contributed by atoms with Gasteiger partial charge < -0.3 is 36.5 Å². The summed E-state index contributed by atoms with van der Waals surface area (Å²) in [6.45, 7) is 0.412. The molecule has 3 aromatic carbocycles. The van der Waals surface area contributed by atoms with Crippen LogP contribution in [0.25, 0.3) is 0 Å². The van der Waals surface area contributed by atoms with Crippen molar-refractivity contribution >= 4 is 50.3 Å². The maximum atomic E-state index is 13.0. The first-order chi connectivity index (χ1) is 33.1. The Balaban J connectivity index is 0.000000318. The van der Waals surface area contributed by atoms with E-state index in [2.05, 4.69) is 20.6 Å². The average molecular weight is 825 g/mol. The number of nitrogen functional groups attached to an aromatic ring is 1. The molecule has 13 heteroatoms. The molecule has 2 aliphatic heterocycles. The van der Waals surface area contributed by atoms with Crippen molar-refractivity contribution in [3.63, 3.8) is 0 Å². The number of rotatable bonds is 12. The molecule has 0 unspecified atom stereocenters. The molecule has 6 N–H and O–H groups in total. The molecule has 0 radical (unpaired) electrons. The standard InChI is InChI=1S/C28H36ClN5O3S.C15H24N2O/c1-17(2)37-25-15-21(20-10-12-30-13-11-20)19(5)14-24(25)33-28-31-16-22(29)27(34-28)32-23-8-6-7-9-26(23)38(35,36)18(3)4;1-10(2)18-15-9-13(11(3)8-14(15)16)12-4-6-17-7-5-12/h6-9,14-18,20,30H,10-13H2,1-5H3,(H2,31,32,33,34);8-10,12,17H,4-7,16H2,1-3H3/i10D2,11D2,12D2,13D2,17D;4D2,5D2,6D2,7D2,10D. The van der Waals surface area contributed by atoms with E-state index in [-0.39, 0.29) is 66.9 Å². The van der Waals surface area contributed by atoms with Gasteiger partial charge in [0.05, 0.1) is 48.3 Å². The number of sulfone groups is 1. The fourth-order valence-electron chi connectivity index (χ4n) is 5.48. The van der Waals surface area contributed by atoms with Crippen LogP contribution in [0.3, 0.4) is 0 Å². The summed E-state index contributed by atoms with van der Waals surface area (Å²) in [6, 6.07) is 11.7. The maximum Gasteiger partial charge on any atom is 0.229 e. The highest BCUT2D eigenvalue weighted by Crippen LogP contribution is 2.38. The van der Waals surface area contributed by atoms with Gasteiger partial charge in [-0.05, 0) is 177 Å². The first kappa shape index (κ1) is 24.6. The Bertz CT molecular complexity index is 2830. The molecule has 2 saturated heterocycles. The van der Waals surface area contributed by atoms with Crippen molar-refractivity contribution in [3.05, 3.63) is 82.0 Å². The summed E-state index contributed by atoms with van der Waals surface area (Å²) in [5.41, 5.74) is 7.08. The summed E-state index contributed by atoms with van der Waals surface area (Å²) in [7, 11) is -3.67. The lowest BCUT2D eigenvalue weighted by molar-refractivity contribution is 0.243. The summed E-state index contributed by atoms with van der Waals surface area (Å²) < 4.78 is 186. The van der Waals surface area contributed by atoms with Crippen LogP contribution in [-0.2, 0) is 9.84 Å². The zero-order valence-corrected chi connectivity index (χ0v) is 33.9. The number of anilines is 5. The maximum absolute atomic E-state index is 13.0. The highest BCUT2D eigenvalue weighted by molar-refractivity contribution is 7.92. The van der Waals surface area contributed by atoms with Crippen LogP contribution in [-0.4, -0.2) is 61.8 Å². The van der Waals surface area contributed by atoms with E-state index in [4.69, 9.17) is 51.5 Å². The average Bonchev–Trinajstić information content (AvgIpc) is 3.19. The number of aryl methyl sites for hydroxylation is 2. The number of para-hydroxylation sites is 1. The number of benzene rings is 3. The number of ether oxygens (including phenoxy) is 2. The molecule has 56 heavy (non-hydrogen) atoms. The Labute approximate surface area is 364 Å². The summed E-state index contributed by atoms with van der Waals surface area (Å²) in [5.74, 6) is -3.77. The molecule has 0 bridgehead atoms. The van der Waals surface area contributed by atoms with Gasteiger partial charge in [0.25, 0.3) is 0 Å². The number of nitrogens with zero attached hydrogens (tertiary/aromatic N) is 2. The van der Waals surface area contributed by atoms with Crippen LogP contribution in [0.15, 0.2) is 59.6 Å². The number of nitrogens with two attached hydrogens (primary N) is 1. The van der Waals surface area contributed by atoms with E-state index in [1.165, 1.54) is 71.1 Å². The fraction of sp³-hybridized carbons (Fsp3) is 0.488. The molecule has 0 saturated carbocycles. The second-order valence-electron chi connectivity index (χ2n) is 13.4. The van der Waals surface area contributed by atoms with Gasteiger partial charge in [-0.1, -0.05) is 23.7 Å². The van der Waals surface area contributed by atoms with Crippen LogP contribution in [0.4, 0.5) is 28.8 Å². The van der Waals surface area contributed by atoms with Crippen molar-refractivity contribution in [1.29, 1.82) is 0 Å². The predicted octanol–water partition coefficient (Wildman–Crippen LogP) is 9.19. The molecule has 0 spiro atoms. The van der Waals surface area contributed by atoms with Crippen molar-refractivity contribution in [2.75, 3.05) is 42.4 Å². The van der Waals surface area contributed by atoms with Gasteiger partial charge in [-0.2, -0.15) is 4.98 Å². The molecular weight excluding hydrogens is 746 g/mol. The van der Waals surface area contributed by atoms with Crippen LogP contribution < -0.4 is 36.5 Å². The molecule has 1 aromatic heterocycles. The minimum Gasteiger partial charge on any atom is -0.489 e. The van der Waals surface area contributed by atoms with Crippen molar-refractivity contribution in [2.45, 2.75) is 115 Å². The first-order valence-electron chi connectivity index (χ1n) is 26.6. The molecule has 11 nitrogen and oxygen atoms in total. The Morgan fingerprint density at radius 3 is 1.93 bits per heavy atom. The number of hydrogen-bond acceptors (Lipinski definition) is 11. The number of piperidine rings is 2. The Hall–Kier alpha value is -4.10. The van der Waals surface area contributed by atoms with Gasteiger partial charge in [-0.3, -0.25) is 0 Å². The van der Waals surface area contributed by atoms with Crippen molar-refractivity contribution < 1.29 is 42.6 Å². The van der Waals surface area contributed by atoms with Crippen LogP contribution in [0.5, 0.6) is 11.5 Å². The van der Waals surface area contributed by atoms with Crippen LogP contribution >= 0.6 is 11.6 Å². The molecule has 0 amide bonds. The minimum atomic E-state index is -3.67. The lowest BCUT2D eigenvalue weighted by Gasteiger charge is -2.26. The molecule has 3 heterocycles. The quantitative estimate of drug-likeness (QED) is 0.0870. The number of aromatic nitrogens is 2. The number of nitrogens with one attached hydrogen (secondary N) is 4. The van der Waals surface area contributed by atoms with E-state index >= 15 is 0 Å². The zero-order valence-electron chi connectivity index (χ0n) is 50.3. The van der Waals surface area contributed by atoms with E-state index in [1.807, 2.05) is 10.6 Å². The van der Waals surface area contributed by atoms with Gasteiger partial charge in [0, 0.05) is 21.9 Å². The molecule has 0 aliphatic carbocycles. The molecule has 2 fully saturated rings. The van der Waals surface area contributed by atoms with Crippen LogP contribution in [0.2, 0.25) is 5.02 Å². The van der Waals surface area contributed by atoms with Gasteiger partial charge in [-0.15, -0.1) is 0 Å². The van der Waals surface area contributed by atoms with Gasteiger partial charge >= 0.3 is 0 Å². The van der Waals surface area contributed by atoms with Gasteiger partial charge in [0.15, 0.2) is 15.7 Å². The molecule has 304 valence electrons. The second-order valence-corrected chi connectivity index (χ2v) is 16.3. The first-order valence-corrected chi connectivity index (χ1v) is 19.5. The van der Waals surface area contributed by atoms with E-state index < -0.39 is 90.6 Å². The fourth-order valence-corrected chi connectivity index (χ4v) is 6.82. The minimum absolute atomic E-state index is 0.0295. The summed E-state index contributed by atoms with van der Waals surface area (Å²) in [4.78, 5) is 8.65. The SMILES string of the molecule is [2H]C(C)(C)Oc1cc(C2C([2H])([2H])C([2H])([2H])NC([2H])([2H])C2([2H])[2H])c(C)cc1N.[2H]C(C)(C)Oc1cc(C2C([2H])([2H])C([2H])([2H])NC([2H])([2H])C2([2H])[2H])c(C)cc1Nc1ncc(Cl)c(Nc2ccccc2S(=O)(=O)C(C)C)n1. The van der Waals surface area contributed by atoms with Crippen LogP contribution in [0.1, 0.15) is 126 Å². The van der Waals surface area contributed by atoms with Crippen LogP contribution in [0, 0.1) is 13.8 Å². The molecule has 2 aliphatic rings. The normalized spacial score (nSPS) is 27.8. The Morgan fingerprint density at radius 2 is 1.36 bits per heavy atom. The van der Waals surface area contributed by atoms with E-state index in [0.717, 1.165) is 0 Å². The predicted molar refractivity (Wildman–Crippen MR) is 230 cm³/mol. The molecular formula is C43H60ClN7O4S. The van der Waals surface area contributed by atoms with Gasteiger partial charge in [0.2, 0.25) is 5.95 Å². The monoisotopic (exact) mass is 824 g/mol. The smallest absolute Gasteiger partial charge is 0.229 e. The zero-order chi connectivity index (χ0) is 56.8. The lowest BCUT2D eigenvalue weighted by Crippen LogP contribution is -2.27. The summed E-state index contributed by atoms with van der Waals surface area (Å²) in [6.07, 6.45) is -13.1. The molecule has 4 aromatic rings. The Morgan fingerprint density at radius 1 is 0.821 bits per heavy atom. The van der Waals surface area contributed by atoms with Crippen molar-refractivity contribution in [3.8, 4) is 11.5 Å². The summed E-state index contributed by atoms with van der Waals surface area (Å²) >= 11 is 6.38. The Kier molecular flexibility index (Phi) is 8.51. The van der Waals surface area contributed by atoms with Crippen molar-refractivity contribution in [1.82, 2.24) is 20.6 Å². The third-order valence-electron chi connectivity index (χ3n) is 8.19. The summed E-state index contributed by atoms with van der Waals surface area (Å²) in [5, 5.41) is 8.97. The topological polar surface area (TPSA) is 153 Å². The number of hydrogen-bond donors (Lipinski definition) is 5. The largest absolute Gasteiger partial charge is 0.489 e. The van der Waals surface area contributed by atoms with E-state index in [1.54, 1.807) is 39.0 Å². The van der Waals surface area contributed by atoms with E-state index in [0.29, 0.717) is 5.56 Å². The second kappa shape index (κ2) is 19.4. The van der Waals surface area contributed by atoms with E-state index in [9.17, 15) is 8.42 Å². The van der Waals surface area contributed by atoms with Gasteiger partial charge in [-0.25, -0.2) is 13.4 Å². The highest BCUT2D eigenvalue weighted by atomic mass is 35.5. The highest BCUT2D eigenvalue weighted by Gasteiger charge is 2.24. The third kappa shape index (κ3) is 11.1. The number of halogens is 1. The molecule has 6 rings (SSSR count). The molecule has 0 atom stereocenters. The lowest BCUT2D eigenvalue weighted by atomic mass is 9.87. The van der Waals surface area contributed by atoms with Gasteiger partial charge in [0.1, 0.15) is 16.5 Å².